The first-order valence-corrected chi connectivity index (χ1v) is 9.71. The van der Waals surface area contributed by atoms with E-state index < -0.39 is 14.3 Å². The summed E-state index contributed by atoms with van der Waals surface area (Å²) >= 11 is 0. The minimum Gasteiger partial charge on any atom is -0.457 e. The zero-order valence-electron chi connectivity index (χ0n) is 13.6. The van der Waals surface area contributed by atoms with Crippen molar-refractivity contribution >= 4 is 20.0 Å². The smallest absolute Gasteiger partial charge is 0.421 e. The highest BCUT2D eigenvalue weighted by molar-refractivity contribution is 6.74. The Kier molecular flexibility index (Phi) is 7.06. The average Bonchev–Trinajstić information content (AvgIpc) is 2.27. The lowest BCUT2D eigenvalue weighted by molar-refractivity contribution is -0.139. The Bertz CT molecular complexity index is 419. The van der Waals surface area contributed by atoms with Gasteiger partial charge >= 0.3 is 11.7 Å². The van der Waals surface area contributed by atoms with E-state index in [0.29, 0.717) is 0 Å². The van der Waals surface area contributed by atoms with Gasteiger partial charge in [0.25, 0.3) is 0 Å². The van der Waals surface area contributed by atoms with Crippen molar-refractivity contribution in [3.05, 3.63) is 17.7 Å². The number of hydrogen-bond donors (Lipinski definition) is 0. The Balaban J connectivity index is 4.76. The van der Waals surface area contributed by atoms with Gasteiger partial charge < -0.3 is 14.7 Å². The van der Waals surface area contributed by atoms with Crippen LogP contribution in [0.25, 0.3) is 5.53 Å². The highest BCUT2D eigenvalue weighted by atomic mass is 28.4. The maximum atomic E-state index is 11.4. The van der Waals surface area contributed by atoms with Crippen LogP contribution in [0.15, 0.2) is 12.2 Å². The maximum absolute atomic E-state index is 11.4. The molecule has 0 radical (unpaired) electrons. The zero-order chi connectivity index (χ0) is 16.0. The number of hydrogen-bond acceptors (Lipinski definition) is 3. The Labute approximate surface area is 122 Å². The van der Waals surface area contributed by atoms with Crippen LogP contribution in [-0.2, 0) is 14.0 Å². The molecule has 20 heavy (non-hydrogen) atoms. The lowest BCUT2D eigenvalue weighted by atomic mass is 10.2. The first kappa shape index (κ1) is 18.8. The second kappa shape index (κ2) is 7.52. The molecule has 1 atom stereocenters. The Morgan fingerprint density at radius 1 is 1.40 bits per heavy atom. The topological polar surface area (TPSA) is 71.9 Å². The number of carbonyl (C=O) groups excluding carboxylic acids is 1. The van der Waals surface area contributed by atoms with Crippen molar-refractivity contribution in [3.63, 3.8) is 0 Å². The third-order valence-corrected chi connectivity index (χ3v) is 7.98. The summed E-state index contributed by atoms with van der Waals surface area (Å²) in [5, 5.41) is 0.115. The van der Waals surface area contributed by atoms with Gasteiger partial charge in [-0.1, -0.05) is 20.8 Å². The third-order valence-electron chi connectivity index (χ3n) is 3.40. The van der Waals surface area contributed by atoms with E-state index in [2.05, 4.69) is 38.7 Å². The average molecular weight is 298 g/mol. The second-order valence-electron chi connectivity index (χ2n) is 6.15. The van der Waals surface area contributed by atoms with Gasteiger partial charge in [0, 0.05) is 6.08 Å². The largest absolute Gasteiger partial charge is 0.457 e. The summed E-state index contributed by atoms with van der Waals surface area (Å²) in [5.41, 5.74) is 8.67. The second-order valence-corrected chi connectivity index (χ2v) is 10.9. The van der Waals surface area contributed by atoms with E-state index in [1.807, 2.05) is 6.92 Å². The number of nitrogens with zero attached hydrogens (tertiary/aromatic N) is 2. The highest BCUT2D eigenvalue weighted by Gasteiger charge is 2.38. The molecule has 0 saturated heterocycles. The number of esters is 1. The SMILES string of the molecule is CCOC(=O)C(/C=C/[C@H](C)O[Si](C)(C)C(C)(C)C)=[N+]=[N-]. The van der Waals surface area contributed by atoms with Crippen LogP contribution in [0.2, 0.25) is 18.1 Å². The van der Waals surface area contributed by atoms with Crippen LogP contribution in [0, 0.1) is 0 Å². The standard InChI is InChI=1S/C14H26N2O3Si/c1-8-18-13(17)12(16-15)10-9-11(2)19-20(6,7)14(3,4)5/h9-11H,8H2,1-7H3/b10-9+/t11-/m0/s1. The van der Waals surface area contributed by atoms with Gasteiger partial charge in [-0.3, -0.25) is 0 Å². The zero-order valence-corrected chi connectivity index (χ0v) is 14.6. The molecule has 0 aliphatic carbocycles. The van der Waals surface area contributed by atoms with Gasteiger partial charge in [0.15, 0.2) is 8.32 Å². The van der Waals surface area contributed by atoms with Crippen LogP contribution < -0.4 is 0 Å². The summed E-state index contributed by atoms with van der Waals surface area (Å²) in [4.78, 5) is 14.4. The summed E-state index contributed by atoms with van der Waals surface area (Å²) in [6, 6.07) is 0. The van der Waals surface area contributed by atoms with Crippen LogP contribution in [0.3, 0.4) is 0 Å². The van der Waals surface area contributed by atoms with E-state index in [0.717, 1.165) is 0 Å². The van der Waals surface area contributed by atoms with Crippen molar-refractivity contribution in [2.75, 3.05) is 6.61 Å². The van der Waals surface area contributed by atoms with Gasteiger partial charge in [-0.2, -0.15) is 4.79 Å². The molecular formula is C14H26N2O3Si. The lowest BCUT2D eigenvalue weighted by Gasteiger charge is -2.37. The Hall–Kier alpha value is -1.23. The molecule has 0 unspecified atom stereocenters. The van der Waals surface area contributed by atoms with Crippen LogP contribution in [0.1, 0.15) is 34.6 Å². The van der Waals surface area contributed by atoms with Crippen molar-refractivity contribution in [1.82, 2.24) is 0 Å². The predicted octanol–water partition coefficient (Wildman–Crippen LogP) is 3.19. The number of carbonyl (C=O) groups is 1. The number of ether oxygens (including phenoxy) is 1. The highest BCUT2D eigenvalue weighted by Crippen LogP contribution is 2.37. The van der Waals surface area contributed by atoms with Gasteiger partial charge in [0.1, 0.15) is 0 Å². The molecule has 5 nitrogen and oxygen atoms in total. The molecule has 0 aliphatic heterocycles. The molecule has 0 spiro atoms. The molecular weight excluding hydrogens is 272 g/mol. The summed E-state index contributed by atoms with van der Waals surface area (Å²) in [6.07, 6.45) is 2.96. The molecule has 0 aromatic heterocycles. The van der Waals surface area contributed by atoms with Crippen LogP contribution in [0.5, 0.6) is 0 Å². The fourth-order valence-electron chi connectivity index (χ4n) is 1.25. The monoisotopic (exact) mass is 298 g/mol. The third kappa shape index (κ3) is 5.82. The quantitative estimate of drug-likeness (QED) is 0.248. The normalized spacial score (nSPS) is 13.9. The predicted molar refractivity (Wildman–Crippen MR) is 82.1 cm³/mol. The van der Waals surface area contributed by atoms with Gasteiger partial charge in [-0.25, -0.2) is 4.79 Å². The van der Waals surface area contributed by atoms with Gasteiger partial charge in [-0.05, 0) is 38.1 Å². The van der Waals surface area contributed by atoms with Gasteiger partial charge in [-0.15, -0.1) is 0 Å². The first-order valence-electron chi connectivity index (χ1n) is 6.80. The van der Waals surface area contributed by atoms with E-state index in [4.69, 9.17) is 14.7 Å². The van der Waals surface area contributed by atoms with Crippen LogP contribution in [-0.4, -0.2) is 37.5 Å². The summed E-state index contributed by atoms with van der Waals surface area (Å²) in [5.74, 6) is -0.647. The fraction of sp³-hybridized carbons (Fsp3) is 0.714. The fourth-order valence-corrected chi connectivity index (χ4v) is 2.62. The molecule has 0 aliphatic rings. The maximum Gasteiger partial charge on any atom is 0.421 e. The van der Waals surface area contributed by atoms with E-state index in [1.165, 1.54) is 6.08 Å². The van der Waals surface area contributed by atoms with E-state index in [9.17, 15) is 4.79 Å². The van der Waals surface area contributed by atoms with E-state index in [1.54, 1.807) is 13.0 Å². The molecule has 0 heterocycles. The summed E-state index contributed by atoms with van der Waals surface area (Å²) in [7, 11) is -1.86. The molecule has 0 aromatic carbocycles. The van der Waals surface area contributed by atoms with E-state index in [-0.39, 0.29) is 23.5 Å². The summed E-state index contributed by atoms with van der Waals surface area (Å²) in [6.45, 7) is 14.6. The van der Waals surface area contributed by atoms with Crippen molar-refractivity contribution in [2.24, 2.45) is 0 Å². The minimum absolute atomic E-state index is 0.115. The molecule has 114 valence electrons. The van der Waals surface area contributed by atoms with Crippen molar-refractivity contribution in [1.29, 1.82) is 0 Å². The van der Waals surface area contributed by atoms with Crippen molar-refractivity contribution in [3.8, 4) is 0 Å². The molecule has 0 aromatic rings. The minimum atomic E-state index is -1.86. The van der Waals surface area contributed by atoms with Crippen LogP contribution in [0.4, 0.5) is 0 Å². The molecule has 0 amide bonds. The lowest BCUT2D eigenvalue weighted by Crippen LogP contribution is -2.42. The van der Waals surface area contributed by atoms with E-state index >= 15 is 0 Å². The van der Waals surface area contributed by atoms with Crippen molar-refractivity contribution < 1.29 is 18.7 Å². The number of rotatable bonds is 6. The first-order chi connectivity index (χ1) is 9.05. The Morgan fingerprint density at radius 2 is 1.95 bits per heavy atom. The van der Waals surface area contributed by atoms with Crippen molar-refractivity contribution in [2.45, 2.75) is 58.9 Å². The molecule has 0 bridgehead atoms. The molecule has 6 heteroatoms. The molecule has 0 rings (SSSR count). The van der Waals surface area contributed by atoms with Gasteiger partial charge in [0.05, 0.1) is 12.7 Å². The molecule has 0 N–H and O–H groups in total. The van der Waals surface area contributed by atoms with Crippen LogP contribution >= 0.6 is 0 Å². The summed E-state index contributed by atoms with van der Waals surface area (Å²) < 4.78 is 10.9. The van der Waals surface area contributed by atoms with Gasteiger partial charge in [0.2, 0.25) is 0 Å². The Morgan fingerprint density at radius 3 is 2.35 bits per heavy atom. The molecule has 0 saturated carbocycles. The molecule has 0 fully saturated rings.